The second-order valence-corrected chi connectivity index (χ2v) is 5.71. The molecular weight excluding hydrogens is 222 g/mol. The number of rotatable bonds is 1. The van der Waals surface area contributed by atoms with Crippen molar-refractivity contribution >= 4 is 11.9 Å². The lowest BCUT2D eigenvalue weighted by Crippen LogP contribution is -2.56. The fraction of sp³-hybridized carbons (Fsp3) is 0.833. The van der Waals surface area contributed by atoms with Crippen LogP contribution in [0.25, 0.3) is 0 Å². The zero-order valence-corrected chi connectivity index (χ0v) is 10.5. The molecular formula is C12H19NO4. The highest BCUT2D eigenvalue weighted by Crippen LogP contribution is 2.37. The van der Waals surface area contributed by atoms with E-state index in [1.54, 1.807) is 20.8 Å². The monoisotopic (exact) mass is 241 g/mol. The number of carbonyl (C=O) groups excluding carboxylic acids is 2. The van der Waals surface area contributed by atoms with Gasteiger partial charge in [-0.2, -0.15) is 0 Å². The summed E-state index contributed by atoms with van der Waals surface area (Å²) in [6.07, 6.45) is 1.65. The van der Waals surface area contributed by atoms with Gasteiger partial charge in [-0.25, -0.2) is 4.79 Å². The number of carbonyl (C=O) groups is 2. The third-order valence-electron chi connectivity index (χ3n) is 3.22. The third-order valence-corrected chi connectivity index (χ3v) is 3.22. The molecule has 2 atom stereocenters. The number of ether oxygens (including phenoxy) is 2. The Kier molecular flexibility index (Phi) is 2.89. The molecule has 2 fully saturated rings. The number of fused-ring (bicyclic) bond motifs is 1. The second kappa shape index (κ2) is 3.98. The Morgan fingerprint density at radius 3 is 2.88 bits per heavy atom. The Bertz CT molecular complexity index is 347. The van der Waals surface area contributed by atoms with Gasteiger partial charge < -0.3 is 14.8 Å². The van der Waals surface area contributed by atoms with E-state index < -0.39 is 17.2 Å². The molecule has 5 nitrogen and oxygen atoms in total. The quantitative estimate of drug-likeness (QED) is 0.753. The van der Waals surface area contributed by atoms with Gasteiger partial charge in [0.15, 0.2) is 5.78 Å². The molecule has 1 N–H and O–H groups in total. The van der Waals surface area contributed by atoms with Crippen molar-refractivity contribution < 1.29 is 19.1 Å². The van der Waals surface area contributed by atoms with E-state index in [0.29, 0.717) is 6.42 Å². The zero-order valence-electron chi connectivity index (χ0n) is 10.5. The van der Waals surface area contributed by atoms with Crippen molar-refractivity contribution in [2.45, 2.75) is 57.3 Å². The van der Waals surface area contributed by atoms with Crippen LogP contribution in [-0.2, 0) is 14.3 Å². The fourth-order valence-corrected chi connectivity index (χ4v) is 2.52. The second-order valence-electron chi connectivity index (χ2n) is 5.71. The van der Waals surface area contributed by atoms with Crippen molar-refractivity contribution in [1.29, 1.82) is 0 Å². The molecule has 2 rings (SSSR count). The Hall–Kier alpha value is -1.10. The number of hydrogen-bond donors (Lipinski definition) is 1. The van der Waals surface area contributed by atoms with E-state index in [1.165, 1.54) is 0 Å². The summed E-state index contributed by atoms with van der Waals surface area (Å²) in [4.78, 5) is 23.6. The molecule has 0 spiro atoms. The first-order valence-corrected chi connectivity index (χ1v) is 5.99. The maximum absolute atomic E-state index is 11.9. The van der Waals surface area contributed by atoms with Crippen LogP contribution in [0.2, 0.25) is 0 Å². The zero-order chi connectivity index (χ0) is 12.7. The average Bonchev–Trinajstić information content (AvgIpc) is 2.65. The molecule has 0 aromatic carbocycles. The number of Topliss-reactive ketones (excluding diaryl/α,β-unsaturated/α-hetero) is 1. The highest BCUT2D eigenvalue weighted by atomic mass is 16.6. The summed E-state index contributed by atoms with van der Waals surface area (Å²) in [5.74, 6) is -0.0362. The van der Waals surface area contributed by atoms with E-state index in [-0.39, 0.29) is 18.5 Å². The van der Waals surface area contributed by atoms with Crippen LogP contribution in [0, 0.1) is 0 Å². The molecule has 1 heterocycles. The maximum Gasteiger partial charge on any atom is 0.408 e. The lowest BCUT2D eigenvalue weighted by molar-refractivity contribution is -0.122. The number of alkyl carbamates (subject to hydrolysis) is 1. The summed E-state index contributed by atoms with van der Waals surface area (Å²) in [5, 5.41) is 2.72. The van der Waals surface area contributed by atoms with E-state index in [0.717, 1.165) is 12.8 Å². The largest absolute Gasteiger partial charge is 0.444 e. The predicted octanol–water partition coefficient (Wildman–Crippen LogP) is 1.40. The summed E-state index contributed by atoms with van der Waals surface area (Å²) >= 11 is 0. The molecule has 17 heavy (non-hydrogen) atoms. The van der Waals surface area contributed by atoms with Gasteiger partial charge in [-0.15, -0.1) is 0 Å². The van der Waals surface area contributed by atoms with Crippen LogP contribution < -0.4 is 5.32 Å². The molecule has 2 aliphatic rings. The van der Waals surface area contributed by atoms with Crippen LogP contribution in [0.4, 0.5) is 4.79 Å². The minimum absolute atomic E-state index is 0.0362. The smallest absolute Gasteiger partial charge is 0.408 e. The van der Waals surface area contributed by atoms with E-state index in [1.807, 2.05) is 0 Å². The van der Waals surface area contributed by atoms with Gasteiger partial charge in [-0.1, -0.05) is 0 Å². The summed E-state index contributed by atoms with van der Waals surface area (Å²) < 4.78 is 10.6. The average molecular weight is 241 g/mol. The van der Waals surface area contributed by atoms with Crippen molar-refractivity contribution in [1.82, 2.24) is 5.32 Å². The first-order valence-electron chi connectivity index (χ1n) is 5.99. The van der Waals surface area contributed by atoms with Crippen LogP contribution in [0.3, 0.4) is 0 Å². The first-order chi connectivity index (χ1) is 7.83. The highest BCUT2D eigenvalue weighted by Gasteiger charge is 2.55. The van der Waals surface area contributed by atoms with Gasteiger partial charge in [0.1, 0.15) is 17.7 Å². The number of amides is 1. The number of hydrogen-bond acceptors (Lipinski definition) is 4. The molecule has 1 aliphatic heterocycles. The van der Waals surface area contributed by atoms with Crippen LogP contribution in [0.1, 0.15) is 40.0 Å². The third kappa shape index (κ3) is 2.29. The van der Waals surface area contributed by atoms with E-state index >= 15 is 0 Å². The lowest BCUT2D eigenvalue weighted by atomic mass is 9.93. The van der Waals surface area contributed by atoms with Crippen molar-refractivity contribution in [3.8, 4) is 0 Å². The maximum atomic E-state index is 11.9. The molecule has 1 aliphatic carbocycles. The van der Waals surface area contributed by atoms with Crippen molar-refractivity contribution in [2.75, 3.05) is 6.61 Å². The van der Waals surface area contributed by atoms with Gasteiger partial charge in [0.05, 0.1) is 6.10 Å². The minimum Gasteiger partial charge on any atom is -0.444 e. The summed E-state index contributed by atoms with van der Waals surface area (Å²) in [6, 6.07) is 0. The Balaban J connectivity index is 2.06. The minimum atomic E-state index is -0.831. The predicted molar refractivity (Wildman–Crippen MR) is 60.7 cm³/mol. The van der Waals surface area contributed by atoms with E-state index in [2.05, 4.69) is 5.32 Å². The summed E-state index contributed by atoms with van der Waals surface area (Å²) in [7, 11) is 0. The lowest BCUT2D eigenvalue weighted by Gasteiger charge is -2.29. The summed E-state index contributed by atoms with van der Waals surface area (Å²) in [6.45, 7) is 5.48. The molecule has 1 saturated heterocycles. The van der Waals surface area contributed by atoms with Crippen molar-refractivity contribution in [3.05, 3.63) is 0 Å². The molecule has 0 aromatic rings. The van der Waals surface area contributed by atoms with Crippen LogP contribution in [-0.4, -0.2) is 35.7 Å². The molecule has 1 amide bonds. The topological polar surface area (TPSA) is 64.6 Å². The molecule has 1 saturated carbocycles. The van der Waals surface area contributed by atoms with Crippen molar-refractivity contribution in [2.24, 2.45) is 0 Å². The van der Waals surface area contributed by atoms with Crippen LogP contribution in [0.15, 0.2) is 0 Å². The molecule has 96 valence electrons. The summed E-state index contributed by atoms with van der Waals surface area (Å²) in [5.41, 5.74) is -1.39. The Labute approximate surface area is 101 Å². The van der Waals surface area contributed by atoms with Gasteiger partial charge >= 0.3 is 6.09 Å². The molecule has 0 bridgehead atoms. The fourth-order valence-electron chi connectivity index (χ4n) is 2.52. The molecule has 0 unspecified atom stereocenters. The standard InChI is InChI=1S/C12H19NO4/c1-11(2,3)17-10(15)13-12-6-4-5-9(12)16-7-8(12)14/h9H,4-7H2,1-3H3,(H,13,15)/t9-,12+/m1/s1. The number of ketones is 1. The first kappa shape index (κ1) is 12.4. The molecule has 0 radical (unpaired) electrons. The number of nitrogens with one attached hydrogen (secondary N) is 1. The molecule has 0 aromatic heterocycles. The van der Waals surface area contributed by atoms with Crippen molar-refractivity contribution in [3.63, 3.8) is 0 Å². The van der Waals surface area contributed by atoms with Crippen LogP contribution in [0.5, 0.6) is 0 Å². The molecule has 5 heteroatoms. The highest BCUT2D eigenvalue weighted by molar-refractivity contribution is 5.95. The van der Waals surface area contributed by atoms with Gasteiger partial charge in [-0.3, -0.25) is 4.79 Å². The van der Waals surface area contributed by atoms with Gasteiger partial charge in [0.25, 0.3) is 0 Å². The van der Waals surface area contributed by atoms with E-state index in [9.17, 15) is 9.59 Å². The van der Waals surface area contributed by atoms with Gasteiger partial charge in [0, 0.05) is 0 Å². The van der Waals surface area contributed by atoms with Gasteiger partial charge in [0.2, 0.25) is 0 Å². The van der Waals surface area contributed by atoms with E-state index in [4.69, 9.17) is 9.47 Å². The Morgan fingerprint density at radius 2 is 2.24 bits per heavy atom. The normalized spacial score (nSPS) is 32.4. The van der Waals surface area contributed by atoms with Gasteiger partial charge in [-0.05, 0) is 40.0 Å². The SMILES string of the molecule is CC(C)(C)OC(=O)N[C@]12CCC[C@H]1OCC2=O. The van der Waals surface area contributed by atoms with Crippen LogP contribution >= 0.6 is 0 Å². The Morgan fingerprint density at radius 1 is 1.53 bits per heavy atom.